The molecule has 0 saturated heterocycles. The summed E-state index contributed by atoms with van der Waals surface area (Å²) in [6.45, 7) is 1.93. The predicted octanol–water partition coefficient (Wildman–Crippen LogP) is 1.73. The number of halogens is 3. The summed E-state index contributed by atoms with van der Waals surface area (Å²) < 4.78 is 39.5. The van der Waals surface area contributed by atoms with E-state index in [9.17, 15) is 13.2 Å². The molecule has 0 heterocycles. The van der Waals surface area contributed by atoms with E-state index in [2.05, 4.69) is 9.89 Å². The molecule has 0 spiro atoms. The topological polar surface area (TPSA) is 67.8 Å². The van der Waals surface area contributed by atoms with Crippen molar-refractivity contribution in [3.63, 3.8) is 0 Å². The van der Waals surface area contributed by atoms with Crippen LogP contribution in [-0.4, -0.2) is 30.4 Å². The van der Waals surface area contributed by atoms with Gasteiger partial charge < -0.3 is 15.7 Å². The Labute approximate surface area is 85.9 Å². The molecule has 0 aliphatic heterocycles. The fourth-order valence-corrected chi connectivity index (χ4v) is 0.779. The van der Waals surface area contributed by atoms with Crippen molar-refractivity contribution in [2.75, 3.05) is 13.2 Å². The Bertz CT molecular complexity index is 226. The molecule has 0 fully saturated rings. The summed E-state index contributed by atoms with van der Waals surface area (Å²) in [7, 11) is 0. The van der Waals surface area contributed by atoms with E-state index < -0.39 is 18.2 Å². The van der Waals surface area contributed by atoms with E-state index in [4.69, 9.17) is 10.9 Å². The van der Waals surface area contributed by atoms with Crippen LogP contribution in [0.2, 0.25) is 0 Å². The van der Waals surface area contributed by atoms with E-state index in [0.29, 0.717) is 0 Å². The average molecular weight is 228 g/mol. The Morgan fingerprint density at radius 1 is 1.40 bits per heavy atom. The van der Waals surface area contributed by atoms with Gasteiger partial charge in [0.2, 0.25) is 0 Å². The van der Waals surface area contributed by atoms with Crippen LogP contribution in [0.25, 0.3) is 0 Å². The molecule has 7 heteroatoms. The third kappa shape index (κ3) is 6.16. The molecular formula is C8H15F3N2O2. The van der Waals surface area contributed by atoms with Crippen molar-refractivity contribution in [1.82, 2.24) is 0 Å². The summed E-state index contributed by atoms with van der Waals surface area (Å²) in [6.07, 6.45) is -4.07. The molecular weight excluding hydrogens is 213 g/mol. The van der Waals surface area contributed by atoms with Crippen LogP contribution in [0, 0.1) is 5.41 Å². The maximum atomic E-state index is 11.7. The molecule has 3 N–H and O–H groups in total. The highest BCUT2D eigenvalue weighted by atomic mass is 19.4. The van der Waals surface area contributed by atoms with Gasteiger partial charge in [-0.1, -0.05) is 19.0 Å². The maximum Gasteiger partial charge on any atom is 0.411 e. The van der Waals surface area contributed by atoms with Crippen LogP contribution < -0.4 is 5.73 Å². The Morgan fingerprint density at radius 3 is 2.33 bits per heavy atom. The summed E-state index contributed by atoms with van der Waals surface area (Å²) in [6, 6.07) is 0. The molecule has 0 atom stereocenters. The normalized spacial score (nSPS) is 14.3. The minimum absolute atomic E-state index is 0.0295. The van der Waals surface area contributed by atoms with Gasteiger partial charge in [-0.2, -0.15) is 13.2 Å². The number of nitrogens with two attached hydrogens (primary N) is 1. The lowest BCUT2D eigenvalue weighted by molar-refractivity contribution is -0.174. The van der Waals surface area contributed by atoms with Crippen LogP contribution in [0.3, 0.4) is 0 Å². The van der Waals surface area contributed by atoms with Crippen LogP contribution >= 0.6 is 0 Å². The van der Waals surface area contributed by atoms with Gasteiger partial charge in [0.05, 0.1) is 0 Å². The van der Waals surface area contributed by atoms with Gasteiger partial charge in [-0.3, -0.25) is 0 Å². The second kappa shape index (κ2) is 5.20. The first-order valence-corrected chi connectivity index (χ1v) is 4.31. The highest BCUT2D eigenvalue weighted by Gasteiger charge is 2.28. The molecule has 4 nitrogen and oxygen atoms in total. The SMILES string of the molecule is CC(C)(CCOCC(F)(F)F)C(N)=NO. The van der Waals surface area contributed by atoms with Crippen molar-refractivity contribution >= 4 is 5.84 Å². The lowest BCUT2D eigenvalue weighted by Crippen LogP contribution is -2.33. The molecule has 0 bridgehead atoms. The zero-order valence-corrected chi connectivity index (χ0v) is 8.64. The average Bonchev–Trinajstić information content (AvgIpc) is 2.09. The van der Waals surface area contributed by atoms with Gasteiger partial charge in [-0.05, 0) is 6.42 Å². The van der Waals surface area contributed by atoms with E-state index in [-0.39, 0.29) is 18.9 Å². The highest BCUT2D eigenvalue weighted by Crippen LogP contribution is 2.21. The molecule has 0 amide bonds. The van der Waals surface area contributed by atoms with Gasteiger partial charge in [0, 0.05) is 12.0 Å². The second-order valence-corrected chi connectivity index (χ2v) is 3.79. The quantitative estimate of drug-likeness (QED) is 0.247. The minimum Gasteiger partial charge on any atom is -0.409 e. The van der Waals surface area contributed by atoms with Crippen molar-refractivity contribution in [2.45, 2.75) is 26.4 Å². The number of hydrogen-bond donors (Lipinski definition) is 2. The van der Waals surface area contributed by atoms with Crippen molar-refractivity contribution in [1.29, 1.82) is 0 Å². The first-order chi connectivity index (χ1) is 6.69. The molecule has 15 heavy (non-hydrogen) atoms. The molecule has 0 aliphatic rings. The van der Waals surface area contributed by atoms with Crippen molar-refractivity contribution < 1.29 is 23.1 Å². The van der Waals surface area contributed by atoms with Gasteiger partial charge in [-0.15, -0.1) is 0 Å². The molecule has 0 unspecified atom stereocenters. The summed E-state index contributed by atoms with van der Waals surface area (Å²) in [5, 5.41) is 11.2. The third-order valence-electron chi connectivity index (χ3n) is 1.94. The van der Waals surface area contributed by atoms with Crippen LogP contribution in [0.15, 0.2) is 5.16 Å². The summed E-state index contributed by atoms with van der Waals surface area (Å²) in [4.78, 5) is 0. The van der Waals surface area contributed by atoms with Crippen molar-refractivity contribution in [3.05, 3.63) is 0 Å². The van der Waals surface area contributed by atoms with Crippen molar-refractivity contribution in [3.8, 4) is 0 Å². The zero-order valence-electron chi connectivity index (χ0n) is 8.64. The van der Waals surface area contributed by atoms with E-state index in [0.717, 1.165) is 0 Å². The van der Waals surface area contributed by atoms with Crippen LogP contribution in [0.4, 0.5) is 13.2 Å². The molecule has 0 aliphatic carbocycles. The van der Waals surface area contributed by atoms with Crippen molar-refractivity contribution in [2.24, 2.45) is 16.3 Å². The van der Waals surface area contributed by atoms with E-state index >= 15 is 0 Å². The lowest BCUT2D eigenvalue weighted by atomic mass is 9.88. The number of rotatable bonds is 5. The molecule has 0 aromatic rings. The van der Waals surface area contributed by atoms with E-state index in [1.165, 1.54) is 0 Å². The molecule has 0 saturated carbocycles. The number of nitrogens with zero attached hydrogens (tertiary/aromatic N) is 1. The fraction of sp³-hybridized carbons (Fsp3) is 0.875. The molecule has 0 rings (SSSR count). The summed E-state index contributed by atoms with van der Waals surface area (Å²) in [5.41, 5.74) is 4.66. The maximum absolute atomic E-state index is 11.7. The predicted molar refractivity (Wildman–Crippen MR) is 48.7 cm³/mol. The third-order valence-corrected chi connectivity index (χ3v) is 1.94. The van der Waals surface area contributed by atoms with Gasteiger partial charge in [0.1, 0.15) is 12.4 Å². The second-order valence-electron chi connectivity index (χ2n) is 3.79. The number of oxime groups is 1. The fourth-order valence-electron chi connectivity index (χ4n) is 0.779. The smallest absolute Gasteiger partial charge is 0.409 e. The monoisotopic (exact) mass is 228 g/mol. The first-order valence-electron chi connectivity index (χ1n) is 4.31. The molecule has 0 radical (unpaired) electrons. The first kappa shape index (κ1) is 14.0. The zero-order chi connectivity index (χ0) is 12.1. The Balaban J connectivity index is 3.87. The minimum atomic E-state index is -4.32. The molecule has 90 valence electrons. The number of amidine groups is 1. The van der Waals surface area contributed by atoms with Crippen LogP contribution in [0.1, 0.15) is 20.3 Å². The Hall–Kier alpha value is -0.980. The van der Waals surface area contributed by atoms with Gasteiger partial charge in [-0.25, -0.2) is 0 Å². The number of hydrogen-bond acceptors (Lipinski definition) is 3. The largest absolute Gasteiger partial charge is 0.411 e. The molecule has 0 aromatic heterocycles. The van der Waals surface area contributed by atoms with Gasteiger partial charge in [0.25, 0.3) is 0 Å². The Kier molecular flexibility index (Phi) is 4.86. The number of ether oxygens (including phenoxy) is 1. The number of alkyl halides is 3. The Morgan fingerprint density at radius 2 is 1.93 bits per heavy atom. The van der Waals surface area contributed by atoms with Gasteiger partial charge in [0.15, 0.2) is 0 Å². The van der Waals surface area contributed by atoms with Crippen LogP contribution in [0.5, 0.6) is 0 Å². The van der Waals surface area contributed by atoms with Crippen LogP contribution in [-0.2, 0) is 4.74 Å². The van der Waals surface area contributed by atoms with Gasteiger partial charge >= 0.3 is 6.18 Å². The van der Waals surface area contributed by atoms with E-state index in [1.807, 2.05) is 0 Å². The standard InChI is InChI=1S/C8H15F3N2O2/c1-7(2,6(12)13-14)3-4-15-5-8(9,10)11/h14H,3-5H2,1-2H3,(H2,12,13). The highest BCUT2D eigenvalue weighted by molar-refractivity contribution is 5.85. The summed E-state index contributed by atoms with van der Waals surface area (Å²) >= 11 is 0. The summed E-state index contributed by atoms with van der Waals surface area (Å²) in [5.74, 6) is -0.0295. The molecule has 0 aromatic carbocycles. The lowest BCUT2D eigenvalue weighted by Gasteiger charge is -2.22. The van der Waals surface area contributed by atoms with E-state index in [1.54, 1.807) is 13.8 Å².